The summed E-state index contributed by atoms with van der Waals surface area (Å²) in [6, 6.07) is -0.466. The average Bonchev–Trinajstić information content (AvgIpc) is 2.26. The second-order valence-electron chi connectivity index (χ2n) is 4.84. The molecule has 118 valence electrons. The van der Waals surface area contributed by atoms with Crippen LogP contribution in [-0.4, -0.2) is 65.9 Å². The molecule has 20 heavy (non-hydrogen) atoms. The summed E-state index contributed by atoms with van der Waals surface area (Å²) in [5, 5.41) is 22.5. The summed E-state index contributed by atoms with van der Waals surface area (Å²) in [5.74, 6) is -1.40. The third kappa shape index (κ3) is 10.7. The molecule has 8 heteroatoms. The smallest absolute Gasteiger partial charge is 0.319 e. The summed E-state index contributed by atoms with van der Waals surface area (Å²) in [4.78, 5) is 22.0. The van der Waals surface area contributed by atoms with E-state index in [9.17, 15) is 14.7 Å². The minimum Gasteiger partial charge on any atom is -0.480 e. The van der Waals surface area contributed by atoms with Gasteiger partial charge in [0.05, 0.1) is 6.10 Å². The van der Waals surface area contributed by atoms with Crippen molar-refractivity contribution in [1.82, 2.24) is 15.8 Å². The number of carboxylic acids is 1. The molecule has 0 fully saturated rings. The maximum absolute atomic E-state index is 11.6. The van der Waals surface area contributed by atoms with Crippen LogP contribution in [-0.2, 0) is 9.59 Å². The molecule has 0 aromatic heterocycles. The van der Waals surface area contributed by atoms with E-state index in [0.717, 1.165) is 13.0 Å². The van der Waals surface area contributed by atoms with E-state index < -0.39 is 18.1 Å². The molecule has 1 amide bonds. The SMILES string of the molecule is CCCNC[C@H](O)C[C@@H](N)CC(=O)NN(C)CC(=O)O. The average molecular weight is 290 g/mol. The van der Waals surface area contributed by atoms with E-state index in [0.29, 0.717) is 13.0 Å². The first-order valence-corrected chi connectivity index (χ1v) is 6.71. The van der Waals surface area contributed by atoms with E-state index in [1.165, 1.54) is 12.1 Å². The molecule has 2 atom stereocenters. The number of nitrogens with one attached hydrogen (secondary N) is 2. The Morgan fingerprint density at radius 2 is 2.05 bits per heavy atom. The number of aliphatic hydroxyl groups is 1. The van der Waals surface area contributed by atoms with E-state index in [-0.39, 0.29) is 18.9 Å². The molecule has 8 nitrogen and oxygen atoms in total. The highest BCUT2D eigenvalue weighted by atomic mass is 16.4. The van der Waals surface area contributed by atoms with Crippen molar-refractivity contribution < 1.29 is 19.8 Å². The molecule has 0 saturated heterocycles. The quantitative estimate of drug-likeness (QED) is 0.231. The highest BCUT2D eigenvalue weighted by Crippen LogP contribution is 2.00. The standard InChI is InChI=1S/C12H26N4O4/c1-3-4-14-7-10(17)5-9(13)6-11(18)15-16(2)8-12(19)20/h9-10,14,17H,3-8,13H2,1-2H3,(H,15,18)(H,19,20)/t9-,10-/m1/s1. The zero-order valence-electron chi connectivity index (χ0n) is 12.1. The highest BCUT2D eigenvalue weighted by Gasteiger charge is 2.15. The van der Waals surface area contributed by atoms with Crippen molar-refractivity contribution in [2.75, 3.05) is 26.7 Å². The molecule has 0 aliphatic rings. The van der Waals surface area contributed by atoms with Gasteiger partial charge in [-0.2, -0.15) is 0 Å². The minimum absolute atomic E-state index is 0.0365. The van der Waals surface area contributed by atoms with E-state index in [1.807, 2.05) is 6.92 Å². The van der Waals surface area contributed by atoms with Gasteiger partial charge >= 0.3 is 5.97 Å². The number of carboxylic acid groups (broad SMARTS) is 1. The van der Waals surface area contributed by atoms with Crippen LogP contribution < -0.4 is 16.5 Å². The van der Waals surface area contributed by atoms with Gasteiger partial charge in [-0.25, -0.2) is 5.01 Å². The number of likely N-dealkylation sites (N-methyl/N-ethyl adjacent to an activating group) is 1. The maximum atomic E-state index is 11.6. The molecule has 0 spiro atoms. The van der Waals surface area contributed by atoms with Crippen LogP contribution in [0.1, 0.15) is 26.2 Å². The van der Waals surface area contributed by atoms with Crippen LogP contribution in [0.3, 0.4) is 0 Å². The Labute approximate surface area is 119 Å². The number of amides is 1. The summed E-state index contributed by atoms with van der Waals surface area (Å²) >= 11 is 0. The van der Waals surface area contributed by atoms with Gasteiger partial charge in [0.2, 0.25) is 5.91 Å². The molecule has 6 N–H and O–H groups in total. The Hall–Kier alpha value is -1.22. The number of carbonyl (C=O) groups is 2. The van der Waals surface area contributed by atoms with Gasteiger partial charge < -0.3 is 21.3 Å². The Balaban J connectivity index is 3.86. The Bertz CT molecular complexity index is 301. The van der Waals surface area contributed by atoms with Crippen LogP contribution in [0.25, 0.3) is 0 Å². The van der Waals surface area contributed by atoms with E-state index in [4.69, 9.17) is 10.8 Å². The number of hydrogen-bond donors (Lipinski definition) is 5. The number of rotatable bonds is 11. The first-order chi connectivity index (χ1) is 9.35. The lowest BCUT2D eigenvalue weighted by molar-refractivity contribution is -0.139. The van der Waals surface area contributed by atoms with Gasteiger partial charge in [-0.15, -0.1) is 0 Å². The third-order valence-electron chi connectivity index (χ3n) is 2.52. The number of nitrogens with two attached hydrogens (primary N) is 1. The molecular formula is C12H26N4O4. The summed E-state index contributed by atoms with van der Waals surface area (Å²) in [5.41, 5.74) is 8.18. The first kappa shape index (κ1) is 18.8. The second kappa shape index (κ2) is 10.6. The third-order valence-corrected chi connectivity index (χ3v) is 2.52. The Morgan fingerprint density at radius 3 is 2.60 bits per heavy atom. The number of aliphatic carboxylic acids is 1. The summed E-state index contributed by atoms with van der Waals surface area (Å²) in [7, 11) is 1.46. The molecule has 0 radical (unpaired) electrons. The highest BCUT2D eigenvalue weighted by molar-refractivity contribution is 5.76. The van der Waals surface area contributed by atoms with Crippen molar-refractivity contribution >= 4 is 11.9 Å². The van der Waals surface area contributed by atoms with Crippen molar-refractivity contribution in [2.45, 2.75) is 38.3 Å². The van der Waals surface area contributed by atoms with Crippen LogP contribution in [0.4, 0.5) is 0 Å². The largest absolute Gasteiger partial charge is 0.480 e. The van der Waals surface area contributed by atoms with Crippen molar-refractivity contribution in [3.05, 3.63) is 0 Å². The Morgan fingerprint density at radius 1 is 1.40 bits per heavy atom. The molecular weight excluding hydrogens is 264 g/mol. The molecule has 0 aromatic rings. The predicted molar refractivity (Wildman–Crippen MR) is 74.8 cm³/mol. The molecule has 0 saturated carbocycles. The number of hydrazine groups is 1. The van der Waals surface area contributed by atoms with Crippen LogP contribution in [0.2, 0.25) is 0 Å². The fraction of sp³-hybridized carbons (Fsp3) is 0.833. The number of aliphatic hydroxyl groups excluding tert-OH is 1. The summed E-state index contributed by atoms with van der Waals surface area (Å²) < 4.78 is 0. The topological polar surface area (TPSA) is 128 Å². The van der Waals surface area contributed by atoms with Crippen LogP contribution in [0.5, 0.6) is 0 Å². The van der Waals surface area contributed by atoms with Crippen molar-refractivity contribution in [3.8, 4) is 0 Å². The number of carbonyl (C=O) groups excluding carboxylic acids is 1. The molecule has 0 bridgehead atoms. The minimum atomic E-state index is -1.03. The van der Waals surface area contributed by atoms with Crippen LogP contribution in [0, 0.1) is 0 Å². The number of nitrogens with zero attached hydrogens (tertiary/aromatic N) is 1. The fourth-order valence-electron chi connectivity index (χ4n) is 1.70. The van der Waals surface area contributed by atoms with Crippen LogP contribution >= 0.6 is 0 Å². The lowest BCUT2D eigenvalue weighted by Crippen LogP contribution is -2.44. The van der Waals surface area contributed by atoms with Gasteiger partial charge in [0.15, 0.2) is 0 Å². The van der Waals surface area contributed by atoms with E-state index in [2.05, 4.69) is 10.7 Å². The fourth-order valence-corrected chi connectivity index (χ4v) is 1.70. The molecule has 0 unspecified atom stereocenters. The normalized spacial score (nSPS) is 14.1. The number of hydrogen-bond acceptors (Lipinski definition) is 6. The monoisotopic (exact) mass is 290 g/mol. The van der Waals surface area contributed by atoms with E-state index in [1.54, 1.807) is 0 Å². The lowest BCUT2D eigenvalue weighted by atomic mass is 10.1. The van der Waals surface area contributed by atoms with Crippen molar-refractivity contribution in [2.24, 2.45) is 5.73 Å². The first-order valence-electron chi connectivity index (χ1n) is 6.71. The van der Waals surface area contributed by atoms with Gasteiger partial charge in [-0.3, -0.25) is 15.0 Å². The molecule has 0 rings (SSSR count). The zero-order chi connectivity index (χ0) is 15.5. The van der Waals surface area contributed by atoms with Gasteiger partial charge in [-0.1, -0.05) is 6.92 Å². The zero-order valence-corrected chi connectivity index (χ0v) is 12.1. The van der Waals surface area contributed by atoms with Gasteiger partial charge in [0, 0.05) is 26.1 Å². The molecule has 0 heterocycles. The molecule has 0 aliphatic heterocycles. The second-order valence-corrected chi connectivity index (χ2v) is 4.84. The molecule has 0 aromatic carbocycles. The van der Waals surface area contributed by atoms with Gasteiger partial charge in [-0.05, 0) is 19.4 Å². The Kier molecular flexibility index (Phi) is 9.91. The van der Waals surface area contributed by atoms with E-state index >= 15 is 0 Å². The van der Waals surface area contributed by atoms with Crippen molar-refractivity contribution in [1.29, 1.82) is 0 Å². The van der Waals surface area contributed by atoms with Gasteiger partial charge in [0.1, 0.15) is 6.54 Å². The van der Waals surface area contributed by atoms with Crippen molar-refractivity contribution in [3.63, 3.8) is 0 Å². The predicted octanol–water partition coefficient (Wildman–Crippen LogP) is -1.50. The molecule has 0 aliphatic carbocycles. The van der Waals surface area contributed by atoms with Gasteiger partial charge in [0.25, 0.3) is 0 Å². The summed E-state index contributed by atoms with van der Waals surface area (Å²) in [6.07, 6.45) is 0.736. The van der Waals surface area contributed by atoms with Crippen LogP contribution in [0.15, 0.2) is 0 Å². The lowest BCUT2D eigenvalue weighted by Gasteiger charge is -2.19. The summed E-state index contributed by atoms with van der Waals surface area (Å²) in [6.45, 7) is 3.02. The maximum Gasteiger partial charge on any atom is 0.319 e.